The first-order chi connectivity index (χ1) is 12.7. The molecule has 0 N–H and O–H groups in total. The minimum Gasteiger partial charge on any atom is -0.450 e. The van der Waals surface area contributed by atoms with Crippen molar-refractivity contribution < 1.29 is 18.3 Å². The second-order valence-electron chi connectivity index (χ2n) is 5.09. The number of ether oxygens (including phenoxy) is 2. The molecule has 6 heteroatoms. The van der Waals surface area contributed by atoms with Crippen LogP contribution < -0.4 is 9.47 Å². The number of rotatable bonds is 4. The molecule has 0 aliphatic carbocycles. The minimum absolute atomic E-state index is 0.220. The van der Waals surface area contributed by atoms with E-state index >= 15 is 0 Å². The van der Waals surface area contributed by atoms with Crippen LogP contribution >= 0.6 is 0 Å². The monoisotopic (exact) mass is 348 g/mol. The van der Waals surface area contributed by atoms with E-state index in [2.05, 4.69) is 0 Å². The third-order valence-electron chi connectivity index (χ3n) is 3.44. The summed E-state index contributed by atoms with van der Waals surface area (Å²) >= 11 is 0. The second kappa shape index (κ2) is 7.33. The molecule has 3 aromatic carbocycles. The fourth-order valence-electron chi connectivity index (χ4n) is 2.25. The third kappa shape index (κ3) is 3.17. The summed E-state index contributed by atoms with van der Waals surface area (Å²) in [4.78, 5) is 0. The third-order valence-corrected chi connectivity index (χ3v) is 3.44. The van der Waals surface area contributed by atoms with Crippen molar-refractivity contribution in [3.63, 3.8) is 0 Å². The van der Waals surface area contributed by atoms with E-state index in [4.69, 9.17) is 20.0 Å². The van der Waals surface area contributed by atoms with E-state index in [9.17, 15) is 8.78 Å². The molecule has 0 saturated carbocycles. The Hall–Kier alpha value is -3.90. The lowest BCUT2D eigenvalue weighted by atomic mass is 10.1. The van der Waals surface area contributed by atoms with Crippen LogP contribution in [0.4, 0.5) is 8.78 Å². The van der Waals surface area contributed by atoms with Crippen LogP contribution in [0.2, 0.25) is 0 Å². The van der Waals surface area contributed by atoms with Crippen LogP contribution in [0.5, 0.6) is 23.0 Å². The summed E-state index contributed by atoms with van der Waals surface area (Å²) in [6.45, 7) is 0. The first kappa shape index (κ1) is 16.9. The molecule has 0 atom stereocenters. The van der Waals surface area contributed by atoms with Crippen molar-refractivity contribution in [1.82, 2.24) is 0 Å². The standard InChI is InChI=1S/C20H10F2N2O2/c21-17-15(11-23)16(12-24)18(22)20(26-14-9-5-2-6-10-14)19(17)25-13-7-3-1-4-8-13/h1-10H. The molecule has 0 aromatic heterocycles. The molecule has 3 aromatic rings. The summed E-state index contributed by atoms with van der Waals surface area (Å²) in [7, 11) is 0. The van der Waals surface area contributed by atoms with Crippen molar-refractivity contribution in [2.75, 3.05) is 0 Å². The number of benzene rings is 3. The number of hydrogen-bond acceptors (Lipinski definition) is 4. The number of para-hydroxylation sites is 2. The summed E-state index contributed by atoms with van der Waals surface area (Å²) in [6, 6.07) is 19.2. The van der Waals surface area contributed by atoms with E-state index in [1.807, 2.05) is 0 Å². The molecule has 126 valence electrons. The molecule has 0 fully saturated rings. The molecule has 0 aliphatic rings. The molecule has 0 unspecified atom stereocenters. The van der Waals surface area contributed by atoms with Gasteiger partial charge >= 0.3 is 0 Å². The van der Waals surface area contributed by atoms with Gasteiger partial charge in [0.1, 0.15) is 34.8 Å². The van der Waals surface area contributed by atoms with Gasteiger partial charge in [-0.2, -0.15) is 10.5 Å². The first-order valence-corrected chi connectivity index (χ1v) is 7.46. The van der Waals surface area contributed by atoms with Gasteiger partial charge in [-0.3, -0.25) is 0 Å². The van der Waals surface area contributed by atoms with E-state index < -0.39 is 34.3 Å². The number of nitriles is 2. The zero-order valence-corrected chi connectivity index (χ0v) is 13.2. The van der Waals surface area contributed by atoms with Gasteiger partial charge in [0.05, 0.1) is 0 Å². The maximum absolute atomic E-state index is 14.8. The molecule has 0 spiro atoms. The summed E-state index contributed by atoms with van der Waals surface area (Å²) in [5.74, 6) is -3.10. The second-order valence-corrected chi connectivity index (χ2v) is 5.09. The Bertz CT molecular complexity index is 939. The highest BCUT2D eigenvalue weighted by molar-refractivity contribution is 5.60. The van der Waals surface area contributed by atoms with Crippen molar-refractivity contribution in [2.45, 2.75) is 0 Å². The highest BCUT2D eigenvalue weighted by Crippen LogP contribution is 2.42. The molecule has 0 saturated heterocycles. The number of hydrogen-bond donors (Lipinski definition) is 0. The van der Waals surface area contributed by atoms with Gasteiger partial charge in [0, 0.05) is 0 Å². The predicted molar refractivity (Wildman–Crippen MR) is 88.8 cm³/mol. The maximum Gasteiger partial charge on any atom is 0.210 e. The Kier molecular flexibility index (Phi) is 4.78. The fourth-order valence-corrected chi connectivity index (χ4v) is 2.25. The lowest BCUT2D eigenvalue weighted by Gasteiger charge is -2.15. The Morgan fingerprint density at radius 2 is 0.962 bits per heavy atom. The Morgan fingerprint density at radius 3 is 1.27 bits per heavy atom. The van der Waals surface area contributed by atoms with Gasteiger partial charge in [-0.05, 0) is 24.3 Å². The zero-order valence-electron chi connectivity index (χ0n) is 13.2. The predicted octanol–water partition coefficient (Wildman–Crippen LogP) is 5.29. The van der Waals surface area contributed by atoms with Crippen LogP contribution in [0.15, 0.2) is 60.7 Å². The molecule has 0 radical (unpaired) electrons. The molecular weight excluding hydrogens is 338 g/mol. The van der Waals surface area contributed by atoms with Crippen LogP contribution in [0.1, 0.15) is 11.1 Å². The molecular formula is C20H10F2N2O2. The normalized spacial score (nSPS) is 9.85. The van der Waals surface area contributed by atoms with E-state index in [0.29, 0.717) is 0 Å². The van der Waals surface area contributed by atoms with Crippen LogP contribution in [-0.2, 0) is 0 Å². The van der Waals surface area contributed by atoms with Crippen LogP contribution in [0.3, 0.4) is 0 Å². The highest BCUT2D eigenvalue weighted by Gasteiger charge is 2.28. The van der Waals surface area contributed by atoms with Crippen molar-refractivity contribution in [3.05, 3.63) is 83.4 Å². The van der Waals surface area contributed by atoms with Crippen molar-refractivity contribution >= 4 is 0 Å². The Balaban J connectivity index is 2.21. The average Bonchev–Trinajstić information content (AvgIpc) is 2.68. The molecule has 4 nitrogen and oxygen atoms in total. The van der Waals surface area contributed by atoms with Gasteiger partial charge < -0.3 is 9.47 Å². The first-order valence-electron chi connectivity index (χ1n) is 7.46. The number of halogens is 2. The fraction of sp³-hybridized carbons (Fsp3) is 0. The van der Waals surface area contributed by atoms with Crippen molar-refractivity contribution in [3.8, 4) is 35.1 Å². The van der Waals surface area contributed by atoms with Gasteiger partial charge in [0.2, 0.25) is 11.5 Å². The van der Waals surface area contributed by atoms with Gasteiger partial charge in [-0.15, -0.1) is 0 Å². The molecule has 26 heavy (non-hydrogen) atoms. The zero-order chi connectivity index (χ0) is 18.5. The van der Waals surface area contributed by atoms with Crippen LogP contribution in [0, 0.1) is 34.3 Å². The average molecular weight is 348 g/mol. The summed E-state index contributed by atoms with van der Waals surface area (Å²) in [5.41, 5.74) is -1.48. The Labute approximate surface area is 148 Å². The quantitative estimate of drug-likeness (QED) is 0.642. The minimum atomic E-state index is -1.17. The van der Waals surface area contributed by atoms with E-state index in [1.54, 1.807) is 36.4 Å². The molecule has 0 amide bonds. The summed E-state index contributed by atoms with van der Waals surface area (Å²) in [5, 5.41) is 18.2. The van der Waals surface area contributed by atoms with Crippen molar-refractivity contribution in [2.24, 2.45) is 0 Å². The van der Waals surface area contributed by atoms with Crippen LogP contribution in [0.25, 0.3) is 0 Å². The van der Waals surface area contributed by atoms with E-state index in [-0.39, 0.29) is 11.5 Å². The van der Waals surface area contributed by atoms with E-state index in [0.717, 1.165) is 0 Å². The topological polar surface area (TPSA) is 66.0 Å². The molecule has 0 aliphatic heterocycles. The summed E-state index contributed by atoms with van der Waals surface area (Å²) < 4.78 is 40.5. The maximum atomic E-state index is 14.8. The van der Waals surface area contributed by atoms with Gasteiger partial charge in [-0.1, -0.05) is 36.4 Å². The molecule has 0 bridgehead atoms. The smallest absolute Gasteiger partial charge is 0.210 e. The number of nitrogens with zero attached hydrogens (tertiary/aromatic N) is 2. The summed E-state index contributed by atoms with van der Waals surface area (Å²) in [6.07, 6.45) is 0. The molecule has 3 rings (SSSR count). The van der Waals surface area contributed by atoms with E-state index in [1.165, 1.54) is 36.4 Å². The lowest BCUT2D eigenvalue weighted by Crippen LogP contribution is -2.03. The van der Waals surface area contributed by atoms with Crippen molar-refractivity contribution in [1.29, 1.82) is 10.5 Å². The van der Waals surface area contributed by atoms with Gasteiger partial charge in [0.15, 0.2) is 11.6 Å². The largest absolute Gasteiger partial charge is 0.450 e. The highest BCUT2D eigenvalue weighted by atomic mass is 19.1. The Morgan fingerprint density at radius 1 is 0.615 bits per heavy atom. The SMILES string of the molecule is N#Cc1c(F)c(Oc2ccccc2)c(Oc2ccccc2)c(F)c1C#N. The lowest BCUT2D eigenvalue weighted by molar-refractivity contribution is 0.373. The van der Waals surface area contributed by atoms with Crippen LogP contribution in [-0.4, -0.2) is 0 Å². The molecule has 0 heterocycles. The van der Waals surface area contributed by atoms with Gasteiger partial charge in [0.25, 0.3) is 0 Å². The van der Waals surface area contributed by atoms with Gasteiger partial charge in [-0.25, -0.2) is 8.78 Å².